The zero-order valence-corrected chi connectivity index (χ0v) is 27.0. The van der Waals surface area contributed by atoms with Gasteiger partial charge < -0.3 is 0 Å². The van der Waals surface area contributed by atoms with E-state index in [2.05, 4.69) is 74.6 Å². The fourth-order valence-electron chi connectivity index (χ4n) is 5.29. The van der Waals surface area contributed by atoms with Gasteiger partial charge >= 0.3 is 236 Å². The molecule has 1 atom stereocenters. The van der Waals surface area contributed by atoms with Crippen LogP contribution < -0.4 is 10.4 Å². The van der Waals surface area contributed by atoms with Crippen molar-refractivity contribution in [2.45, 2.75) is 20.3 Å². The van der Waals surface area contributed by atoms with Gasteiger partial charge in [0, 0.05) is 0 Å². The number of halogens is 4. The van der Waals surface area contributed by atoms with Crippen molar-refractivity contribution >= 4 is 64.3 Å². The average Bonchev–Trinajstić information content (AvgIpc) is 3.42. The second-order valence-corrected chi connectivity index (χ2v) is 23.7. The van der Waals surface area contributed by atoms with E-state index in [1.165, 1.54) is 46.7 Å². The van der Waals surface area contributed by atoms with Crippen LogP contribution in [0.1, 0.15) is 20.3 Å². The van der Waals surface area contributed by atoms with Crippen molar-refractivity contribution in [3.8, 4) is 0 Å². The van der Waals surface area contributed by atoms with Crippen molar-refractivity contribution in [2.24, 2.45) is 5.92 Å². The summed E-state index contributed by atoms with van der Waals surface area (Å²) in [5.41, 5.74) is 6.62. The second kappa shape index (κ2) is 10.8. The molecule has 5 rings (SSSR count). The standard InChI is InChI=1S/C29H23Cl2Si.2ClH.Hf/c1-19-18-22-8-5-9-27(20(2)29(22)28(19)21-6-3-4-7-21)32(25-14-10-23(30)11-15-25)26-16-12-24(31)13-17-26;;;/h3-6,8-17,20H,7H2,1-2H3;2*1H;/q;;;+2/p-2. The molecule has 0 radical (unpaired) electrons. The fraction of sp³-hybridized carbons (Fsp3) is 0.138. The van der Waals surface area contributed by atoms with Gasteiger partial charge in [-0.2, -0.15) is 0 Å². The molecule has 35 heavy (non-hydrogen) atoms. The molecule has 0 spiro atoms. The van der Waals surface area contributed by atoms with Crippen LogP contribution in [0, 0.1) is 5.92 Å². The Morgan fingerprint density at radius 1 is 0.857 bits per heavy atom. The first-order valence-corrected chi connectivity index (χ1v) is 24.5. The van der Waals surface area contributed by atoms with E-state index in [9.17, 15) is 0 Å². The molecule has 0 saturated heterocycles. The van der Waals surface area contributed by atoms with Crippen LogP contribution in [-0.2, 0) is 19.1 Å². The summed E-state index contributed by atoms with van der Waals surface area (Å²) in [4.78, 5) is 0. The number of rotatable bonds is 4. The van der Waals surface area contributed by atoms with Crippen LogP contribution >= 0.6 is 40.4 Å². The van der Waals surface area contributed by atoms with E-state index in [-0.39, 0.29) is 5.92 Å². The zero-order chi connectivity index (χ0) is 24.7. The van der Waals surface area contributed by atoms with E-state index in [4.69, 9.17) is 40.4 Å². The first-order valence-electron chi connectivity index (χ1n) is 11.5. The molecule has 0 fully saturated rings. The van der Waals surface area contributed by atoms with Crippen molar-refractivity contribution in [1.29, 1.82) is 0 Å². The topological polar surface area (TPSA) is 0 Å². The molecule has 0 heterocycles. The van der Waals surface area contributed by atoms with Crippen molar-refractivity contribution < 1.29 is 19.1 Å². The minimum atomic E-state index is -2.87. The molecule has 6 heteroatoms. The van der Waals surface area contributed by atoms with Gasteiger partial charge in [0.05, 0.1) is 0 Å². The third-order valence-corrected chi connectivity index (χ3v) is 17.1. The van der Waals surface area contributed by atoms with Crippen LogP contribution in [0.15, 0.2) is 116 Å². The van der Waals surface area contributed by atoms with E-state index in [1.807, 2.05) is 24.3 Å². The molecule has 3 aliphatic rings. The Hall–Kier alpha value is -1.00. The molecule has 2 aromatic carbocycles. The van der Waals surface area contributed by atoms with Gasteiger partial charge in [-0.15, -0.1) is 0 Å². The third-order valence-electron chi connectivity index (χ3n) is 6.85. The van der Waals surface area contributed by atoms with Crippen LogP contribution in [0.5, 0.6) is 0 Å². The molecule has 3 aliphatic carbocycles. The van der Waals surface area contributed by atoms with Crippen LogP contribution in [0.3, 0.4) is 0 Å². The van der Waals surface area contributed by atoms with E-state index >= 15 is 0 Å². The Morgan fingerprint density at radius 2 is 1.46 bits per heavy atom. The first kappa shape index (κ1) is 25.6. The third kappa shape index (κ3) is 4.95. The summed E-state index contributed by atoms with van der Waals surface area (Å²) < 4.78 is 1.24. The summed E-state index contributed by atoms with van der Waals surface area (Å²) in [7, 11) is 12.2. The number of benzene rings is 2. The van der Waals surface area contributed by atoms with E-state index < -0.39 is 27.5 Å². The molecule has 1 unspecified atom stereocenters. The van der Waals surface area contributed by atoms with E-state index in [0.717, 1.165) is 16.5 Å². The summed E-state index contributed by atoms with van der Waals surface area (Å²) in [5, 5.41) is 5.53. The Labute approximate surface area is 233 Å². The summed E-state index contributed by atoms with van der Waals surface area (Å²) in [6, 6.07) is 16.7. The quantitative estimate of drug-likeness (QED) is 0.282. The van der Waals surface area contributed by atoms with Gasteiger partial charge in [-0.05, 0) is 0 Å². The van der Waals surface area contributed by atoms with Gasteiger partial charge in [-0.25, -0.2) is 0 Å². The van der Waals surface area contributed by atoms with Gasteiger partial charge in [0.25, 0.3) is 0 Å². The van der Waals surface area contributed by atoms with E-state index in [0.29, 0.717) is 0 Å². The van der Waals surface area contributed by atoms with Crippen molar-refractivity contribution in [2.75, 3.05) is 0 Å². The van der Waals surface area contributed by atoms with Crippen LogP contribution in [0.25, 0.3) is 0 Å². The molecular weight excluding hydrogens is 697 g/mol. The van der Waals surface area contributed by atoms with Gasteiger partial charge in [-0.3, -0.25) is 0 Å². The molecule has 0 saturated carbocycles. The summed E-state index contributed by atoms with van der Waals surface area (Å²) in [6.07, 6.45) is 14.3. The number of hydrogen-bond donors (Lipinski definition) is 0. The van der Waals surface area contributed by atoms with Crippen molar-refractivity contribution in [3.63, 3.8) is 0 Å². The molecule has 0 aliphatic heterocycles. The molecule has 0 nitrogen and oxygen atoms in total. The monoisotopic (exact) mass is 719 g/mol. The summed E-state index contributed by atoms with van der Waals surface area (Å²) in [5.74, 6) is 0.211. The van der Waals surface area contributed by atoms with Crippen molar-refractivity contribution in [1.82, 2.24) is 0 Å². The molecule has 0 aromatic heterocycles. The Bertz CT molecular complexity index is 1350. The van der Waals surface area contributed by atoms with Crippen LogP contribution in [-0.4, -0.2) is 13.6 Å². The maximum absolute atomic E-state index is 6.76. The molecule has 0 N–H and O–H groups in total. The van der Waals surface area contributed by atoms with Crippen LogP contribution in [0.2, 0.25) is 10.0 Å². The Morgan fingerprint density at radius 3 is 1.97 bits per heavy atom. The van der Waals surface area contributed by atoms with Gasteiger partial charge in [0.1, 0.15) is 0 Å². The molecule has 2 aromatic rings. The summed E-state index contributed by atoms with van der Waals surface area (Å²) >= 11 is 9.67. The van der Waals surface area contributed by atoms with Crippen molar-refractivity contribution in [3.05, 3.63) is 126 Å². The number of allylic oxidation sites excluding steroid dienone is 12. The second-order valence-electron chi connectivity index (χ2n) is 8.88. The predicted octanol–water partition coefficient (Wildman–Crippen LogP) is 7.89. The fourth-order valence-corrected chi connectivity index (χ4v) is 15.4. The first-order chi connectivity index (χ1) is 16.9. The van der Waals surface area contributed by atoms with E-state index in [1.54, 1.807) is 0 Å². The molecule has 175 valence electrons. The van der Waals surface area contributed by atoms with Gasteiger partial charge in [-0.1, -0.05) is 0 Å². The van der Waals surface area contributed by atoms with Crippen LogP contribution in [0.4, 0.5) is 0 Å². The van der Waals surface area contributed by atoms with Gasteiger partial charge in [0.15, 0.2) is 0 Å². The molecule has 0 bridgehead atoms. The Kier molecular flexibility index (Phi) is 7.89. The normalized spacial score (nSPS) is 19.1. The zero-order valence-electron chi connectivity index (χ0n) is 19.4. The molecule has 0 amide bonds. The average molecular weight is 720 g/mol. The minimum absolute atomic E-state index is 0.211. The SMILES string of the molecule is CC1=[C]([Hf]([Cl])[Cl])C2=CC=CC(=[Si](c3ccc(Cl)cc3)c3ccc(Cl)cc3)C(C)C2=C1C1=CC=CC1. The number of fused-ring (bicyclic) bond motifs is 1. The molecular formula is C29H23Cl4HfSi. The summed E-state index contributed by atoms with van der Waals surface area (Å²) in [6.45, 7) is 4.55. The predicted molar refractivity (Wildman–Crippen MR) is 153 cm³/mol. The number of hydrogen-bond acceptors (Lipinski definition) is 0. The Balaban J connectivity index is 1.77. The van der Waals surface area contributed by atoms with Gasteiger partial charge in [0.2, 0.25) is 0 Å². The maximum atomic E-state index is 6.76.